The largest absolute Gasteiger partial charge is 0.360 e. The van der Waals surface area contributed by atoms with E-state index in [0.29, 0.717) is 12.5 Å². The number of quaternary nitrogens is 1. The van der Waals surface area contributed by atoms with E-state index in [1.165, 1.54) is 17.0 Å². The zero-order chi connectivity index (χ0) is 15.9. The molecule has 0 bridgehead atoms. The van der Waals surface area contributed by atoms with Gasteiger partial charge in [0.05, 0.1) is 26.2 Å². The van der Waals surface area contributed by atoms with Gasteiger partial charge in [0.25, 0.3) is 5.91 Å². The molecule has 0 atom stereocenters. The molecule has 1 heterocycles. The number of halogens is 1. The normalized spacial score (nSPS) is 16.1. The highest BCUT2D eigenvalue weighted by molar-refractivity contribution is 5.76. The molecule has 0 unspecified atom stereocenters. The number of nitrogens with one attached hydrogen (secondary N) is 2. The minimum Gasteiger partial charge on any atom is -0.360 e. The molecule has 0 radical (unpaired) electrons. The highest BCUT2D eigenvalue weighted by atomic mass is 19.1. The molecule has 5 heteroatoms. The molecule has 0 spiro atoms. The first-order valence-electron chi connectivity index (χ1n) is 8.15. The first-order chi connectivity index (χ1) is 10.5. The summed E-state index contributed by atoms with van der Waals surface area (Å²) in [5.41, 5.74) is 1.06. The molecule has 2 rings (SSSR count). The molecule has 1 aromatic rings. The minimum atomic E-state index is -0.203. The van der Waals surface area contributed by atoms with Crippen LogP contribution in [0.2, 0.25) is 0 Å². The van der Waals surface area contributed by atoms with E-state index in [0.717, 1.165) is 44.8 Å². The van der Waals surface area contributed by atoms with Crippen LogP contribution in [-0.4, -0.2) is 45.2 Å². The average molecular weight is 308 g/mol. The number of benzene rings is 1. The van der Waals surface area contributed by atoms with E-state index in [4.69, 9.17) is 0 Å². The van der Waals surface area contributed by atoms with Crippen LogP contribution in [0, 0.1) is 11.7 Å². The molecule has 1 fully saturated rings. The summed E-state index contributed by atoms with van der Waals surface area (Å²) in [6.45, 7) is 9.32. The van der Waals surface area contributed by atoms with E-state index < -0.39 is 0 Å². The molecule has 1 saturated heterocycles. The van der Waals surface area contributed by atoms with E-state index in [9.17, 15) is 9.18 Å². The number of piperazine rings is 1. The Bertz CT molecular complexity index is 467. The number of amides is 1. The fraction of sp³-hybridized carbons (Fsp3) is 0.588. The second kappa shape index (κ2) is 8.13. The van der Waals surface area contributed by atoms with Gasteiger partial charge in [0.2, 0.25) is 0 Å². The summed E-state index contributed by atoms with van der Waals surface area (Å²) in [5, 5.41) is 3.00. The molecule has 0 saturated carbocycles. The van der Waals surface area contributed by atoms with Crippen LogP contribution >= 0.6 is 0 Å². The van der Waals surface area contributed by atoms with Crippen LogP contribution in [0.4, 0.5) is 10.1 Å². The number of anilines is 1. The van der Waals surface area contributed by atoms with Gasteiger partial charge < -0.3 is 15.1 Å². The van der Waals surface area contributed by atoms with Crippen molar-refractivity contribution in [2.24, 2.45) is 5.92 Å². The third kappa shape index (κ3) is 5.30. The molecule has 1 aliphatic heterocycles. The lowest BCUT2D eigenvalue weighted by atomic mass is 10.1. The lowest BCUT2D eigenvalue weighted by Crippen LogP contribution is -3.15. The Morgan fingerprint density at radius 3 is 2.50 bits per heavy atom. The predicted octanol–water partition coefficient (Wildman–Crippen LogP) is 0.693. The van der Waals surface area contributed by atoms with E-state index >= 15 is 0 Å². The summed E-state index contributed by atoms with van der Waals surface area (Å²) in [7, 11) is 0. The van der Waals surface area contributed by atoms with Crippen molar-refractivity contribution in [1.29, 1.82) is 0 Å². The lowest BCUT2D eigenvalue weighted by Gasteiger charge is -2.33. The van der Waals surface area contributed by atoms with Crippen LogP contribution < -0.4 is 15.1 Å². The van der Waals surface area contributed by atoms with E-state index in [2.05, 4.69) is 24.1 Å². The maximum absolute atomic E-state index is 12.9. The van der Waals surface area contributed by atoms with Gasteiger partial charge in [-0.2, -0.15) is 0 Å². The van der Waals surface area contributed by atoms with Crippen molar-refractivity contribution in [1.82, 2.24) is 5.32 Å². The summed E-state index contributed by atoms with van der Waals surface area (Å²) in [6.07, 6.45) is 1.03. The van der Waals surface area contributed by atoms with Crippen LogP contribution in [0.1, 0.15) is 20.3 Å². The molecule has 1 amide bonds. The standard InChI is InChI=1S/C17H26FN3O/c1-14(2)7-8-19-17(22)13-20-9-11-21(12-10-20)16-5-3-15(18)4-6-16/h3-6,14H,7-13H2,1-2H3,(H,19,22)/p+1. The molecule has 122 valence electrons. The molecule has 4 nitrogen and oxygen atoms in total. The van der Waals surface area contributed by atoms with Crippen LogP contribution in [0.15, 0.2) is 24.3 Å². The minimum absolute atomic E-state index is 0.144. The van der Waals surface area contributed by atoms with Crippen molar-refractivity contribution in [2.45, 2.75) is 20.3 Å². The lowest BCUT2D eigenvalue weighted by molar-refractivity contribution is -0.892. The van der Waals surface area contributed by atoms with Gasteiger partial charge in [0.1, 0.15) is 5.82 Å². The van der Waals surface area contributed by atoms with Gasteiger partial charge in [-0.15, -0.1) is 0 Å². The fourth-order valence-corrected chi connectivity index (χ4v) is 2.70. The zero-order valence-electron chi connectivity index (χ0n) is 13.6. The molecule has 1 aromatic carbocycles. The molecular formula is C17H27FN3O+. The number of rotatable bonds is 6. The number of nitrogens with zero attached hydrogens (tertiary/aromatic N) is 1. The summed E-state index contributed by atoms with van der Waals surface area (Å²) in [5.74, 6) is 0.559. The Balaban J connectivity index is 1.70. The maximum Gasteiger partial charge on any atom is 0.275 e. The van der Waals surface area contributed by atoms with E-state index in [1.54, 1.807) is 0 Å². The summed E-state index contributed by atoms with van der Waals surface area (Å²) in [4.78, 5) is 15.5. The summed E-state index contributed by atoms with van der Waals surface area (Å²) in [6, 6.07) is 6.63. The first kappa shape index (κ1) is 16.7. The number of carbonyl (C=O) groups excluding carboxylic acids is 1. The third-order valence-electron chi connectivity index (χ3n) is 4.12. The Kier molecular flexibility index (Phi) is 6.19. The molecule has 0 aliphatic carbocycles. The Labute approximate surface area is 132 Å². The van der Waals surface area contributed by atoms with Gasteiger partial charge in [-0.3, -0.25) is 4.79 Å². The SMILES string of the molecule is CC(C)CCNC(=O)C[NH+]1CCN(c2ccc(F)cc2)CC1. The predicted molar refractivity (Wildman–Crippen MR) is 86.6 cm³/mol. The summed E-state index contributed by atoms with van der Waals surface area (Å²) >= 11 is 0. The van der Waals surface area contributed by atoms with Gasteiger partial charge in [-0.25, -0.2) is 4.39 Å². The van der Waals surface area contributed by atoms with Gasteiger partial charge in [0.15, 0.2) is 6.54 Å². The molecular weight excluding hydrogens is 281 g/mol. The van der Waals surface area contributed by atoms with Crippen molar-refractivity contribution < 1.29 is 14.1 Å². The van der Waals surface area contributed by atoms with Gasteiger partial charge >= 0.3 is 0 Å². The van der Waals surface area contributed by atoms with Crippen molar-refractivity contribution >= 4 is 11.6 Å². The number of hydrogen-bond donors (Lipinski definition) is 2. The smallest absolute Gasteiger partial charge is 0.275 e. The van der Waals surface area contributed by atoms with E-state index in [-0.39, 0.29) is 11.7 Å². The highest BCUT2D eigenvalue weighted by Gasteiger charge is 2.22. The average Bonchev–Trinajstić information content (AvgIpc) is 2.48. The Hall–Kier alpha value is -1.62. The monoisotopic (exact) mass is 308 g/mol. The second-order valence-corrected chi connectivity index (χ2v) is 6.42. The summed E-state index contributed by atoms with van der Waals surface area (Å²) < 4.78 is 12.9. The van der Waals surface area contributed by atoms with Gasteiger partial charge in [0, 0.05) is 12.2 Å². The van der Waals surface area contributed by atoms with Crippen LogP contribution in [0.3, 0.4) is 0 Å². The topological polar surface area (TPSA) is 36.8 Å². The number of carbonyl (C=O) groups is 1. The van der Waals surface area contributed by atoms with Gasteiger partial charge in [-0.1, -0.05) is 13.8 Å². The van der Waals surface area contributed by atoms with Crippen LogP contribution in [-0.2, 0) is 4.79 Å². The van der Waals surface area contributed by atoms with Crippen LogP contribution in [0.25, 0.3) is 0 Å². The molecule has 1 aliphatic rings. The second-order valence-electron chi connectivity index (χ2n) is 6.42. The Morgan fingerprint density at radius 2 is 1.91 bits per heavy atom. The molecule has 2 N–H and O–H groups in total. The fourth-order valence-electron chi connectivity index (χ4n) is 2.70. The van der Waals surface area contributed by atoms with E-state index in [1.807, 2.05) is 12.1 Å². The molecule has 0 aromatic heterocycles. The quantitative estimate of drug-likeness (QED) is 0.811. The maximum atomic E-state index is 12.9. The third-order valence-corrected chi connectivity index (χ3v) is 4.12. The van der Waals surface area contributed by atoms with Crippen molar-refractivity contribution in [2.75, 3.05) is 44.2 Å². The van der Waals surface area contributed by atoms with Crippen molar-refractivity contribution in [3.63, 3.8) is 0 Å². The van der Waals surface area contributed by atoms with Crippen molar-refractivity contribution in [3.8, 4) is 0 Å². The van der Waals surface area contributed by atoms with Crippen molar-refractivity contribution in [3.05, 3.63) is 30.1 Å². The molecule has 22 heavy (non-hydrogen) atoms. The number of hydrogen-bond acceptors (Lipinski definition) is 2. The Morgan fingerprint density at radius 1 is 1.27 bits per heavy atom. The van der Waals surface area contributed by atoms with Gasteiger partial charge in [-0.05, 0) is 36.6 Å². The zero-order valence-corrected chi connectivity index (χ0v) is 13.6. The first-order valence-corrected chi connectivity index (χ1v) is 8.15. The van der Waals surface area contributed by atoms with Crippen LogP contribution in [0.5, 0.6) is 0 Å². The highest BCUT2D eigenvalue weighted by Crippen LogP contribution is 2.14.